The molecule has 5 rings (SSSR count). The smallest absolute Gasteiger partial charge is 0.338 e. The highest BCUT2D eigenvalue weighted by Crippen LogP contribution is 2.36. The Kier molecular flexibility index (Phi) is 7.82. The van der Waals surface area contributed by atoms with Gasteiger partial charge in [-0.15, -0.1) is 0 Å². The van der Waals surface area contributed by atoms with Gasteiger partial charge >= 0.3 is 11.9 Å². The zero-order valence-electron chi connectivity index (χ0n) is 22.1. The van der Waals surface area contributed by atoms with Crippen molar-refractivity contribution in [2.75, 3.05) is 7.11 Å². The minimum Gasteiger partial charge on any atom is -0.508 e. The van der Waals surface area contributed by atoms with E-state index in [4.69, 9.17) is 23.4 Å². The second-order valence-corrected chi connectivity index (χ2v) is 9.46. The second-order valence-electron chi connectivity index (χ2n) is 9.46. The van der Waals surface area contributed by atoms with Crippen LogP contribution in [0.2, 0.25) is 0 Å². The lowest BCUT2D eigenvalue weighted by Crippen LogP contribution is -2.62. The van der Waals surface area contributed by atoms with Crippen molar-refractivity contribution in [3.8, 4) is 40.1 Å². The number of phenols is 3. The van der Waals surface area contributed by atoms with Crippen molar-refractivity contribution in [2.45, 2.75) is 30.7 Å². The number of benzene rings is 3. The molecule has 224 valence electrons. The number of carbonyl (C=O) groups excluding carboxylic acids is 1. The first-order chi connectivity index (χ1) is 20.5. The number of hydrogen-bond donors (Lipinski definition) is 6. The van der Waals surface area contributed by atoms with Crippen molar-refractivity contribution in [3.63, 3.8) is 0 Å². The molecular formula is C29H24O14. The van der Waals surface area contributed by atoms with Gasteiger partial charge in [0.25, 0.3) is 0 Å². The largest absolute Gasteiger partial charge is 0.508 e. The van der Waals surface area contributed by atoms with Crippen molar-refractivity contribution in [2.24, 2.45) is 0 Å². The number of phenolic OH excluding ortho intramolecular Hbond substituents is 3. The molecule has 0 radical (unpaired) electrons. The molecule has 0 bridgehead atoms. The van der Waals surface area contributed by atoms with Crippen molar-refractivity contribution in [1.82, 2.24) is 0 Å². The molecule has 1 aliphatic heterocycles. The highest BCUT2D eigenvalue weighted by Gasteiger charge is 2.51. The summed E-state index contributed by atoms with van der Waals surface area (Å²) in [5.41, 5.74) is -0.514. The number of carbonyl (C=O) groups is 2. The Balaban J connectivity index is 1.51. The summed E-state index contributed by atoms with van der Waals surface area (Å²) in [5, 5.41) is 60.3. The Morgan fingerprint density at radius 3 is 2.28 bits per heavy atom. The lowest BCUT2D eigenvalue weighted by atomic mass is 9.98. The lowest BCUT2D eigenvalue weighted by Gasteiger charge is -2.40. The van der Waals surface area contributed by atoms with Crippen LogP contribution in [0.4, 0.5) is 0 Å². The Bertz CT molecular complexity index is 1750. The maximum Gasteiger partial charge on any atom is 0.338 e. The number of esters is 1. The van der Waals surface area contributed by atoms with E-state index in [1.165, 1.54) is 55.6 Å². The molecule has 4 aromatic rings. The number of aromatic hydroxyl groups is 3. The van der Waals surface area contributed by atoms with Gasteiger partial charge in [-0.2, -0.15) is 0 Å². The molecule has 5 atom stereocenters. The molecule has 0 saturated carbocycles. The number of carboxylic acids is 1. The van der Waals surface area contributed by atoms with Crippen LogP contribution in [0.1, 0.15) is 10.4 Å². The average Bonchev–Trinajstić information content (AvgIpc) is 2.96. The maximum absolute atomic E-state index is 12.9. The van der Waals surface area contributed by atoms with Crippen LogP contribution in [0, 0.1) is 0 Å². The molecule has 3 aromatic carbocycles. The third-order valence-electron chi connectivity index (χ3n) is 6.64. The predicted molar refractivity (Wildman–Crippen MR) is 144 cm³/mol. The van der Waals surface area contributed by atoms with Crippen LogP contribution in [0.5, 0.6) is 28.7 Å². The van der Waals surface area contributed by atoms with Crippen LogP contribution in [0.25, 0.3) is 22.3 Å². The Morgan fingerprint density at radius 2 is 1.60 bits per heavy atom. The summed E-state index contributed by atoms with van der Waals surface area (Å²) in [5.74, 6) is -3.65. The summed E-state index contributed by atoms with van der Waals surface area (Å²) in [4.78, 5) is 37.3. The fourth-order valence-corrected chi connectivity index (χ4v) is 4.47. The summed E-state index contributed by atoms with van der Waals surface area (Å²) in [6, 6.07) is 12.4. The van der Waals surface area contributed by atoms with Crippen molar-refractivity contribution >= 4 is 22.9 Å². The number of rotatable bonds is 7. The first kappa shape index (κ1) is 29.2. The SMILES string of the molecule is COc1cc(-c2cc(=O)c3c(O)cc(OC4OC(C(=O)O)C(O)C(O)C4OC(=O)c4ccc(O)cc4)cc3o2)ccc1O. The molecule has 14 heteroatoms. The third-order valence-corrected chi connectivity index (χ3v) is 6.64. The van der Waals surface area contributed by atoms with Crippen LogP contribution in [-0.2, 0) is 14.3 Å². The van der Waals surface area contributed by atoms with Gasteiger partial charge in [-0.25, -0.2) is 9.59 Å². The van der Waals surface area contributed by atoms with E-state index in [1.807, 2.05) is 0 Å². The van der Waals surface area contributed by atoms with Gasteiger partial charge in [-0.3, -0.25) is 4.79 Å². The molecule has 1 saturated heterocycles. The first-order valence-corrected chi connectivity index (χ1v) is 12.6. The van der Waals surface area contributed by atoms with Crippen LogP contribution in [0.15, 0.2) is 69.9 Å². The molecule has 5 unspecified atom stereocenters. The van der Waals surface area contributed by atoms with Crippen LogP contribution in [-0.4, -0.2) is 80.4 Å². The van der Waals surface area contributed by atoms with Gasteiger partial charge in [0.15, 0.2) is 29.1 Å². The van der Waals surface area contributed by atoms with E-state index >= 15 is 0 Å². The predicted octanol–water partition coefficient (Wildman–Crippen LogP) is 1.72. The highest BCUT2D eigenvalue weighted by atomic mass is 16.7. The normalized spacial score (nSPS) is 21.7. The molecule has 2 heterocycles. The third kappa shape index (κ3) is 5.74. The van der Waals surface area contributed by atoms with E-state index in [0.717, 1.165) is 12.1 Å². The highest BCUT2D eigenvalue weighted by molar-refractivity contribution is 5.90. The zero-order chi connectivity index (χ0) is 31.0. The van der Waals surface area contributed by atoms with Gasteiger partial charge in [0.05, 0.1) is 12.7 Å². The molecule has 1 aromatic heterocycles. The fourth-order valence-electron chi connectivity index (χ4n) is 4.47. The van der Waals surface area contributed by atoms with Crippen molar-refractivity contribution in [3.05, 3.63) is 76.5 Å². The first-order valence-electron chi connectivity index (χ1n) is 12.6. The summed E-state index contributed by atoms with van der Waals surface area (Å²) < 4.78 is 27.3. The fraction of sp³-hybridized carbons (Fsp3) is 0.207. The topological polar surface area (TPSA) is 223 Å². The molecular weight excluding hydrogens is 572 g/mol. The standard InChI is InChI=1S/C29H24O14/c1-39-20-8-13(4-7-16(20)31)19-11-18(33)22-17(32)9-15(10-21(22)41-19)40-29-26(24(35)23(34)25(43-29)27(36)37)42-28(38)12-2-5-14(30)6-3-12/h2-11,23-26,29-32,34-35H,1H3,(H,36,37). The number of hydrogen-bond acceptors (Lipinski definition) is 13. The number of methoxy groups -OCH3 is 1. The van der Waals surface area contributed by atoms with Crippen LogP contribution >= 0.6 is 0 Å². The van der Waals surface area contributed by atoms with E-state index in [0.29, 0.717) is 5.56 Å². The van der Waals surface area contributed by atoms with E-state index in [9.17, 15) is 45.0 Å². The number of aliphatic carboxylic acids is 1. The summed E-state index contributed by atoms with van der Waals surface area (Å²) in [6.07, 6.45) is -9.64. The number of aliphatic hydroxyl groups is 2. The van der Waals surface area contributed by atoms with Crippen LogP contribution < -0.4 is 14.9 Å². The minimum atomic E-state index is -2.03. The molecule has 14 nitrogen and oxygen atoms in total. The molecule has 1 aliphatic rings. The van der Waals surface area contributed by atoms with E-state index in [-0.39, 0.29) is 45.3 Å². The number of ether oxygens (including phenoxy) is 4. The summed E-state index contributed by atoms with van der Waals surface area (Å²) >= 11 is 0. The van der Waals surface area contributed by atoms with Gasteiger partial charge in [-0.1, -0.05) is 0 Å². The maximum atomic E-state index is 12.9. The van der Waals surface area contributed by atoms with Gasteiger partial charge < -0.3 is 54.0 Å². The van der Waals surface area contributed by atoms with Crippen molar-refractivity contribution in [1.29, 1.82) is 0 Å². The van der Waals surface area contributed by atoms with E-state index < -0.39 is 53.8 Å². The second kappa shape index (κ2) is 11.5. The molecule has 6 N–H and O–H groups in total. The van der Waals surface area contributed by atoms with Crippen molar-refractivity contribution < 1.29 is 63.6 Å². The molecule has 43 heavy (non-hydrogen) atoms. The molecule has 1 fully saturated rings. The number of fused-ring (bicyclic) bond motifs is 1. The number of aliphatic hydroxyl groups excluding tert-OH is 2. The van der Waals surface area contributed by atoms with E-state index in [2.05, 4.69) is 0 Å². The monoisotopic (exact) mass is 596 g/mol. The molecule has 0 aliphatic carbocycles. The van der Waals surface area contributed by atoms with Crippen LogP contribution in [0.3, 0.4) is 0 Å². The molecule has 0 spiro atoms. The van der Waals surface area contributed by atoms with Gasteiger partial charge in [0.2, 0.25) is 6.29 Å². The lowest BCUT2D eigenvalue weighted by molar-refractivity contribution is -0.270. The summed E-state index contributed by atoms with van der Waals surface area (Å²) in [7, 11) is 1.34. The van der Waals surface area contributed by atoms with Gasteiger partial charge in [-0.05, 0) is 42.5 Å². The Hall–Kier alpha value is -5.31. The molecule has 0 amide bonds. The summed E-state index contributed by atoms with van der Waals surface area (Å²) in [6.45, 7) is 0. The quantitative estimate of drug-likeness (QED) is 0.167. The Morgan fingerprint density at radius 1 is 0.884 bits per heavy atom. The van der Waals surface area contributed by atoms with Gasteiger partial charge in [0.1, 0.15) is 46.2 Å². The Labute approximate surface area is 241 Å². The minimum absolute atomic E-state index is 0.0338. The number of carboxylic acid groups (broad SMARTS) is 1. The average molecular weight is 596 g/mol. The van der Waals surface area contributed by atoms with E-state index in [1.54, 1.807) is 0 Å². The van der Waals surface area contributed by atoms with Gasteiger partial charge in [0, 0.05) is 23.8 Å². The zero-order valence-corrected chi connectivity index (χ0v) is 22.1.